The monoisotopic (exact) mass is 414 g/mol. The molecule has 0 aromatic heterocycles. The van der Waals surface area contributed by atoms with Crippen molar-refractivity contribution in [2.75, 3.05) is 12.4 Å². The van der Waals surface area contributed by atoms with Crippen LogP contribution >= 0.6 is 11.6 Å². The van der Waals surface area contributed by atoms with E-state index in [-0.39, 0.29) is 16.7 Å². The van der Waals surface area contributed by atoms with Crippen LogP contribution in [0.3, 0.4) is 0 Å². The molecule has 0 saturated heterocycles. The number of carbonyl (C=O) groups excluding carboxylic acids is 1. The third kappa shape index (κ3) is 3.43. The van der Waals surface area contributed by atoms with Crippen molar-refractivity contribution < 1.29 is 4.79 Å². The molecule has 5 saturated carbocycles. The zero-order chi connectivity index (χ0) is 20.1. The Morgan fingerprint density at radius 1 is 1.03 bits per heavy atom. The molecule has 0 radical (unpaired) electrons. The van der Waals surface area contributed by atoms with Gasteiger partial charge in [-0.15, -0.1) is 11.6 Å². The van der Waals surface area contributed by atoms with Crippen molar-refractivity contribution in [2.24, 2.45) is 34.8 Å². The normalized spacial score (nSPS) is 43.3. The minimum Gasteiger partial charge on any atom is -0.353 e. The standard InChI is InChI=1S/C25H35ClN2O/c26-16-24-10-18-12-25(15-24,20-4-2-1-3-5-20)13-19(11-24)22(18)23(29)28-21-8-6-17(14-27)7-9-21/h1-5,17-19,21-22H,6-16,27H2,(H,28,29). The van der Waals surface area contributed by atoms with Crippen molar-refractivity contribution in [3.8, 4) is 0 Å². The van der Waals surface area contributed by atoms with E-state index in [0.717, 1.165) is 63.8 Å². The molecule has 0 spiro atoms. The Labute approximate surface area is 180 Å². The topological polar surface area (TPSA) is 55.1 Å². The number of carbonyl (C=O) groups is 1. The Balaban J connectivity index is 1.34. The van der Waals surface area contributed by atoms with Gasteiger partial charge in [0.05, 0.1) is 0 Å². The van der Waals surface area contributed by atoms with E-state index in [9.17, 15) is 4.79 Å². The summed E-state index contributed by atoms with van der Waals surface area (Å²) in [6.07, 6.45) is 10.3. The molecule has 1 aromatic carbocycles. The highest BCUT2D eigenvalue weighted by Crippen LogP contribution is 2.67. The summed E-state index contributed by atoms with van der Waals surface area (Å²) in [6.45, 7) is 0.787. The second kappa shape index (κ2) is 7.57. The third-order valence-corrected chi connectivity index (χ3v) is 9.49. The zero-order valence-electron chi connectivity index (χ0n) is 17.4. The lowest BCUT2D eigenvalue weighted by Gasteiger charge is -2.64. The van der Waals surface area contributed by atoms with Crippen LogP contribution in [0, 0.1) is 29.1 Å². The molecule has 0 heterocycles. The van der Waals surface area contributed by atoms with Gasteiger partial charge in [-0.05, 0) is 98.5 Å². The summed E-state index contributed by atoms with van der Waals surface area (Å²) in [5, 5.41) is 3.46. The fraction of sp³-hybridized carbons (Fsp3) is 0.720. The predicted molar refractivity (Wildman–Crippen MR) is 118 cm³/mol. The summed E-state index contributed by atoms with van der Waals surface area (Å²) in [5.74, 6) is 2.88. The molecule has 5 aliphatic rings. The lowest BCUT2D eigenvalue weighted by atomic mass is 9.40. The second-order valence-corrected chi connectivity index (χ2v) is 11.0. The Bertz CT molecular complexity index is 726. The highest BCUT2D eigenvalue weighted by molar-refractivity contribution is 6.18. The van der Waals surface area contributed by atoms with Gasteiger partial charge in [-0.1, -0.05) is 30.3 Å². The highest BCUT2D eigenvalue weighted by atomic mass is 35.5. The van der Waals surface area contributed by atoms with Crippen molar-refractivity contribution in [1.29, 1.82) is 0 Å². The van der Waals surface area contributed by atoms with E-state index in [2.05, 4.69) is 35.6 Å². The van der Waals surface area contributed by atoms with E-state index < -0.39 is 0 Å². The Morgan fingerprint density at radius 2 is 1.69 bits per heavy atom. The molecule has 1 amide bonds. The number of nitrogens with one attached hydrogen (secondary N) is 1. The quantitative estimate of drug-likeness (QED) is 0.690. The summed E-state index contributed by atoms with van der Waals surface area (Å²) in [4.78, 5) is 13.4. The van der Waals surface area contributed by atoms with Gasteiger partial charge in [0.2, 0.25) is 5.91 Å². The van der Waals surface area contributed by atoms with Crippen molar-refractivity contribution in [2.45, 2.75) is 69.2 Å². The van der Waals surface area contributed by atoms with E-state index in [4.69, 9.17) is 17.3 Å². The molecule has 5 fully saturated rings. The first-order valence-electron chi connectivity index (χ1n) is 11.7. The average Bonchev–Trinajstić information content (AvgIpc) is 2.74. The summed E-state index contributed by atoms with van der Waals surface area (Å²) < 4.78 is 0. The summed E-state index contributed by atoms with van der Waals surface area (Å²) >= 11 is 6.57. The van der Waals surface area contributed by atoms with E-state index in [1.54, 1.807) is 0 Å². The van der Waals surface area contributed by atoms with Crippen LogP contribution in [0.1, 0.15) is 63.4 Å². The largest absolute Gasteiger partial charge is 0.353 e. The smallest absolute Gasteiger partial charge is 0.223 e. The van der Waals surface area contributed by atoms with E-state index >= 15 is 0 Å². The van der Waals surface area contributed by atoms with Gasteiger partial charge >= 0.3 is 0 Å². The first kappa shape index (κ1) is 19.9. The Kier molecular flexibility index (Phi) is 5.19. The molecule has 2 unspecified atom stereocenters. The van der Waals surface area contributed by atoms with Crippen molar-refractivity contribution in [3.05, 3.63) is 35.9 Å². The van der Waals surface area contributed by atoms with Crippen LogP contribution in [-0.4, -0.2) is 24.4 Å². The van der Waals surface area contributed by atoms with Crippen LogP contribution in [-0.2, 0) is 10.2 Å². The maximum absolute atomic E-state index is 13.4. The van der Waals surface area contributed by atoms with Crippen LogP contribution in [0.4, 0.5) is 0 Å². The van der Waals surface area contributed by atoms with Gasteiger partial charge in [0, 0.05) is 17.8 Å². The lowest BCUT2D eigenvalue weighted by Crippen LogP contribution is -2.61. The van der Waals surface area contributed by atoms with Crippen molar-refractivity contribution in [3.63, 3.8) is 0 Å². The first-order valence-corrected chi connectivity index (χ1v) is 12.2. The lowest BCUT2D eigenvalue weighted by molar-refractivity contribution is -0.148. The fourth-order valence-electron chi connectivity index (χ4n) is 7.88. The molecule has 0 aliphatic heterocycles. The SMILES string of the molecule is NCC1CCC(NC(=O)C2C3CC4(CCl)CC2CC(c2ccccc2)(C3)C4)CC1. The van der Waals surface area contributed by atoms with Gasteiger partial charge in [0.15, 0.2) is 0 Å². The van der Waals surface area contributed by atoms with Crippen LogP contribution in [0.5, 0.6) is 0 Å². The molecular weight excluding hydrogens is 380 g/mol. The first-order chi connectivity index (χ1) is 14.1. The van der Waals surface area contributed by atoms with Crippen LogP contribution in [0.2, 0.25) is 0 Å². The molecule has 4 heteroatoms. The van der Waals surface area contributed by atoms with Crippen LogP contribution in [0.15, 0.2) is 30.3 Å². The number of hydrogen-bond donors (Lipinski definition) is 2. The number of hydrogen-bond acceptors (Lipinski definition) is 2. The number of amides is 1. The van der Waals surface area contributed by atoms with Gasteiger partial charge in [-0.2, -0.15) is 0 Å². The van der Waals surface area contributed by atoms with Gasteiger partial charge in [-0.25, -0.2) is 0 Å². The molecule has 2 atom stereocenters. The maximum Gasteiger partial charge on any atom is 0.223 e. The fourth-order valence-corrected chi connectivity index (χ4v) is 8.19. The molecule has 3 nitrogen and oxygen atoms in total. The molecule has 1 aromatic rings. The maximum atomic E-state index is 13.4. The summed E-state index contributed by atoms with van der Waals surface area (Å²) in [5.41, 5.74) is 7.78. The Morgan fingerprint density at radius 3 is 2.28 bits per heavy atom. The Hall–Kier alpha value is -1.06. The summed E-state index contributed by atoms with van der Waals surface area (Å²) in [7, 11) is 0. The number of halogens is 1. The molecule has 6 rings (SSSR count). The summed E-state index contributed by atoms with van der Waals surface area (Å²) in [6, 6.07) is 11.4. The van der Waals surface area contributed by atoms with Crippen LogP contribution < -0.4 is 11.1 Å². The van der Waals surface area contributed by atoms with E-state index in [0.29, 0.717) is 29.7 Å². The van der Waals surface area contributed by atoms with Gasteiger partial charge < -0.3 is 11.1 Å². The zero-order valence-corrected chi connectivity index (χ0v) is 18.2. The second-order valence-electron chi connectivity index (χ2n) is 10.8. The number of alkyl halides is 1. The molecule has 5 aliphatic carbocycles. The van der Waals surface area contributed by atoms with Gasteiger partial charge in [0.25, 0.3) is 0 Å². The molecule has 29 heavy (non-hydrogen) atoms. The van der Waals surface area contributed by atoms with Gasteiger partial charge in [0.1, 0.15) is 0 Å². The van der Waals surface area contributed by atoms with E-state index in [1.807, 2.05) is 0 Å². The highest BCUT2D eigenvalue weighted by Gasteiger charge is 2.62. The molecule has 4 bridgehead atoms. The predicted octanol–water partition coefficient (Wildman–Crippen LogP) is 4.62. The van der Waals surface area contributed by atoms with Crippen LogP contribution in [0.25, 0.3) is 0 Å². The van der Waals surface area contributed by atoms with Gasteiger partial charge in [-0.3, -0.25) is 4.79 Å². The van der Waals surface area contributed by atoms with Crippen molar-refractivity contribution in [1.82, 2.24) is 5.32 Å². The average molecular weight is 415 g/mol. The van der Waals surface area contributed by atoms with Crippen molar-refractivity contribution >= 4 is 17.5 Å². The molecular formula is C25H35ClN2O. The number of rotatable bonds is 5. The minimum absolute atomic E-state index is 0.190. The van der Waals surface area contributed by atoms with E-state index in [1.165, 1.54) is 12.0 Å². The molecule has 158 valence electrons. The number of benzene rings is 1. The molecule has 3 N–H and O–H groups in total. The number of nitrogens with two attached hydrogens (primary N) is 1. The minimum atomic E-state index is 0.190. The third-order valence-electron chi connectivity index (χ3n) is 8.92.